The molecule has 2 nitrogen and oxygen atoms in total. The van der Waals surface area contributed by atoms with Gasteiger partial charge in [-0.1, -0.05) is 26.0 Å². The number of anilines is 1. The Morgan fingerprint density at radius 3 is 2.84 bits per heavy atom. The smallest absolute Gasteiger partial charge is 0.146 e. The monoisotopic (exact) mass is 264 g/mol. The number of nitrogens with zero attached hydrogens (tertiary/aromatic N) is 1. The maximum Gasteiger partial charge on any atom is 0.146 e. The molecule has 2 atom stereocenters. The van der Waals surface area contributed by atoms with Gasteiger partial charge in [-0.05, 0) is 43.9 Å². The summed E-state index contributed by atoms with van der Waals surface area (Å²) in [6.07, 6.45) is 2.30. The van der Waals surface area contributed by atoms with Crippen LogP contribution in [0.1, 0.15) is 39.2 Å². The fourth-order valence-corrected chi connectivity index (χ4v) is 3.02. The molecule has 2 unspecified atom stereocenters. The molecule has 0 aromatic heterocycles. The van der Waals surface area contributed by atoms with Crippen molar-refractivity contribution in [3.8, 4) is 0 Å². The summed E-state index contributed by atoms with van der Waals surface area (Å²) < 4.78 is 14.3. The second-order valence-corrected chi connectivity index (χ2v) is 5.70. The number of hydrogen-bond donors (Lipinski definition) is 1. The first-order valence-corrected chi connectivity index (χ1v) is 7.38. The first kappa shape index (κ1) is 14.3. The summed E-state index contributed by atoms with van der Waals surface area (Å²) in [6.45, 7) is 9.17. The van der Waals surface area contributed by atoms with Crippen molar-refractivity contribution < 1.29 is 4.39 Å². The van der Waals surface area contributed by atoms with Gasteiger partial charge >= 0.3 is 0 Å². The number of para-hydroxylation sites is 1. The molecule has 1 aromatic rings. The van der Waals surface area contributed by atoms with Gasteiger partial charge in [-0.2, -0.15) is 0 Å². The molecule has 0 bridgehead atoms. The van der Waals surface area contributed by atoms with Crippen LogP contribution >= 0.6 is 0 Å². The van der Waals surface area contributed by atoms with E-state index in [1.165, 1.54) is 0 Å². The lowest BCUT2D eigenvalue weighted by molar-refractivity contribution is 0.374. The fraction of sp³-hybridized carbons (Fsp3) is 0.625. The van der Waals surface area contributed by atoms with Crippen molar-refractivity contribution in [2.24, 2.45) is 5.92 Å². The number of rotatable bonds is 4. The Morgan fingerprint density at radius 2 is 2.16 bits per heavy atom. The molecule has 1 heterocycles. The van der Waals surface area contributed by atoms with Crippen LogP contribution in [-0.2, 0) is 6.54 Å². The van der Waals surface area contributed by atoms with Crippen LogP contribution in [0.5, 0.6) is 0 Å². The highest BCUT2D eigenvalue weighted by Crippen LogP contribution is 2.32. The predicted molar refractivity (Wildman–Crippen MR) is 79.0 cm³/mol. The highest BCUT2D eigenvalue weighted by molar-refractivity contribution is 5.56. The SMILES string of the molecule is CCNCc1cccc(F)c1N1CCC(C)CC1C. The Bertz CT molecular complexity index is 419. The van der Waals surface area contributed by atoms with Gasteiger partial charge in [0.25, 0.3) is 0 Å². The molecule has 0 amide bonds. The molecule has 1 aromatic carbocycles. The van der Waals surface area contributed by atoms with Crippen LogP contribution in [0.25, 0.3) is 0 Å². The van der Waals surface area contributed by atoms with Crippen LogP contribution < -0.4 is 10.2 Å². The van der Waals surface area contributed by atoms with Crippen molar-refractivity contribution in [3.05, 3.63) is 29.6 Å². The lowest BCUT2D eigenvalue weighted by atomic mass is 9.92. The van der Waals surface area contributed by atoms with Crippen LogP contribution in [-0.4, -0.2) is 19.1 Å². The minimum atomic E-state index is -0.0863. The molecule has 1 aliphatic rings. The van der Waals surface area contributed by atoms with Gasteiger partial charge in [-0.25, -0.2) is 4.39 Å². The van der Waals surface area contributed by atoms with E-state index in [1.54, 1.807) is 6.07 Å². The highest BCUT2D eigenvalue weighted by Gasteiger charge is 2.26. The van der Waals surface area contributed by atoms with E-state index >= 15 is 0 Å². The van der Waals surface area contributed by atoms with E-state index < -0.39 is 0 Å². The largest absolute Gasteiger partial charge is 0.366 e. The first-order chi connectivity index (χ1) is 9.13. The Kier molecular flexibility index (Phi) is 4.81. The van der Waals surface area contributed by atoms with Crippen molar-refractivity contribution in [1.82, 2.24) is 5.32 Å². The molecule has 106 valence electrons. The molecule has 1 aliphatic heterocycles. The van der Waals surface area contributed by atoms with Gasteiger partial charge in [0.05, 0.1) is 5.69 Å². The minimum absolute atomic E-state index is 0.0863. The molecule has 1 N–H and O–H groups in total. The molecule has 0 radical (unpaired) electrons. The van der Waals surface area contributed by atoms with Crippen molar-refractivity contribution in [1.29, 1.82) is 0 Å². The topological polar surface area (TPSA) is 15.3 Å². The van der Waals surface area contributed by atoms with E-state index in [0.717, 1.165) is 49.6 Å². The lowest BCUT2D eigenvalue weighted by Gasteiger charge is -2.39. The van der Waals surface area contributed by atoms with Crippen LogP contribution in [0.2, 0.25) is 0 Å². The van der Waals surface area contributed by atoms with Crippen LogP contribution in [0.3, 0.4) is 0 Å². The summed E-state index contributed by atoms with van der Waals surface area (Å²) in [5.74, 6) is 0.659. The summed E-state index contributed by atoms with van der Waals surface area (Å²) in [5.41, 5.74) is 1.88. The third-order valence-corrected chi connectivity index (χ3v) is 4.06. The van der Waals surface area contributed by atoms with Gasteiger partial charge in [-0.3, -0.25) is 0 Å². The quantitative estimate of drug-likeness (QED) is 0.894. The van der Waals surface area contributed by atoms with Crippen molar-refractivity contribution >= 4 is 5.69 Å². The lowest BCUT2D eigenvalue weighted by Crippen LogP contribution is -2.41. The average molecular weight is 264 g/mol. The Morgan fingerprint density at radius 1 is 1.37 bits per heavy atom. The fourth-order valence-electron chi connectivity index (χ4n) is 3.02. The molecule has 1 fully saturated rings. The molecular weight excluding hydrogens is 239 g/mol. The highest BCUT2D eigenvalue weighted by atomic mass is 19.1. The standard InChI is InChI=1S/C16H25FN2/c1-4-18-11-14-6-5-7-15(17)16(14)19-9-8-12(2)10-13(19)3/h5-7,12-13,18H,4,8-11H2,1-3H3. The van der Waals surface area contributed by atoms with E-state index in [4.69, 9.17) is 0 Å². The third-order valence-electron chi connectivity index (χ3n) is 4.06. The molecule has 0 spiro atoms. The minimum Gasteiger partial charge on any atom is -0.366 e. The Hall–Kier alpha value is -1.09. The second kappa shape index (κ2) is 6.38. The zero-order valence-electron chi connectivity index (χ0n) is 12.2. The van der Waals surface area contributed by atoms with E-state index in [1.807, 2.05) is 12.1 Å². The van der Waals surface area contributed by atoms with Gasteiger partial charge in [0.15, 0.2) is 0 Å². The third kappa shape index (κ3) is 3.27. The van der Waals surface area contributed by atoms with Gasteiger partial charge in [-0.15, -0.1) is 0 Å². The van der Waals surface area contributed by atoms with Crippen LogP contribution in [0, 0.1) is 11.7 Å². The van der Waals surface area contributed by atoms with Crippen molar-refractivity contribution in [3.63, 3.8) is 0 Å². The number of piperidine rings is 1. The normalized spacial score (nSPS) is 23.7. The van der Waals surface area contributed by atoms with Crippen molar-refractivity contribution in [2.75, 3.05) is 18.0 Å². The van der Waals surface area contributed by atoms with Crippen molar-refractivity contribution in [2.45, 2.75) is 46.2 Å². The van der Waals surface area contributed by atoms with E-state index in [-0.39, 0.29) is 5.82 Å². The van der Waals surface area contributed by atoms with Crippen LogP contribution in [0.4, 0.5) is 10.1 Å². The predicted octanol–water partition coefficient (Wildman–Crippen LogP) is 3.56. The maximum atomic E-state index is 14.3. The maximum absolute atomic E-state index is 14.3. The van der Waals surface area contributed by atoms with E-state index in [9.17, 15) is 4.39 Å². The summed E-state index contributed by atoms with van der Waals surface area (Å²) in [6, 6.07) is 5.84. The first-order valence-electron chi connectivity index (χ1n) is 7.38. The zero-order chi connectivity index (χ0) is 13.8. The summed E-state index contributed by atoms with van der Waals surface area (Å²) >= 11 is 0. The number of nitrogens with one attached hydrogen (secondary N) is 1. The summed E-state index contributed by atoms with van der Waals surface area (Å²) in [7, 11) is 0. The number of hydrogen-bond acceptors (Lipinski definition) is 2. The number of benzene rings is 1. The molecule has 3 heteroatoms. The molecule has 0 saturated carbocycles. The summed E-state index contributed by atoms with van der Waals surface area (Å²) in [4.78, 5) is 2.25. The second-order valence-electron chi connectivity index (χ2n) is 5.70. The molecule has 2 rings (SSSR count). The molecule has 1 saturated heterocycles. The molecule has 19 heavy (non-hydrogen) atoms. The van der Waals surface area contributed by atoms with Gasteiger partial charge in [0, 0.05) is 19.1 Å². The van der Waals surface area contributed by atoms with E-state index in [0.29, 0.717) is 6.04 Å². The van der Waals surface area contributed by atoms with E-state index in [2.05, 4.69) is 31.0 Å². The zero-order valence-corrected chi connectivity index (χ0v) is 12.2. The van der Waals surface area contributed by atoms with Gasteiger partial charge in [0.1, 0.15) is 5.82 Å². The van der Waals surface area contributed by atoms with Gasteiger partial charge in [0.2, 0.25) is 0 Å². The molecule has 0 aliphatic carbocycles. The average Bonchev–Trinajstić information content (AvgIpc) is 2.37. The molecular formula is C16H25FN2. The van der Waals surface area contributed by atoms with Gasteiger partial charge < -0.3 is 10.2 Å². The number of halogens is 1. The van der Waals surface area contributed by atoms with Crippen LogP contribution in [0.15, 0.2) is 18.2 Å². The Labute approximate surface area is 116 Å². The summed E-state index contributed by atoms with van der Waals surface area (Å²) in [5, 5.41) is 3.30. The Balaban J connectivity index is 2.26.